The van der Waals surface area contributed by atoms with Crippen LogP contribution in [-0.4, -0.2) is 18.3 Å². The lowest BCUT2D eigenvalue weighted by Crippen LogP contribution is -2.51. The van der Waals surface area contributed by atoms with Gasteiger partial charge in [-0.05, 0) is 18.2 Å². The molecule has 0 bridgehead atoms. The summed E-state index contributed by atoms with van der Waals surface area (Å²) < 4.78 is 39.5. The summed E-state index contributed by atoms with van der Waals surface area (Å²) >= 11 is 0. The van der Waals surface area contributed by atoms with Crippen LogP contribution in [0.1, 0.15) is 5.56 Å². The SMILES string of the molecule is CNC1=c2ccc(-c3ccccc3C(F)(F)F)nc2=NC(N)N1. The molecule has 2 heterocycles. The molecule has 1 aromatic heterocycles. The molecule has 4 N–H and O–H groups in total. The molecule has 0 saturated heterocycles. The van der Waals surface area contributed by atoms with Crippen LogP contribution in [0.5, 0.6) is 0 Å². The number of nitrogens with one attached hydrogen (secondary N) is 2. The van der Waals surface area contributed by atoms with E-state index in [1.54, 1.807) is 19.2 Å². The smallest absolute Gasteiger partial charge is 0.374 e. The summed E-state index contributed by atoms with van der Waals surface area (Å²) in [6.45, 7) is 0. The van der Waals surface area contributed by atoms with Gasteiger partial charge < -0.3 is 10.6 Å². The number of nitrogens with zero attached hydrogens (tertiary/aromatic N) is 2. The first-order valence-electron chi connectivity index (χ1n) is 6.86. The van der Waals surface area contributed by atoms with Crippen LogP contribution in [0.4, 0.5) is 13.2 Å². The van der Waals surface area contributed by atoms with Crippen molar-refractivity contribution in [2.45, 2.75) is 12.5 Å². The van der Waals surface area contributed by atoms with Crippen LogP contribution in [0, 0.1) is 0 Å². The number of pyridine rings is 1. The second-order valence-electron chi connectivity index (χ2n) is 4.95. The predicted molar refractivity (Wildman–Crippen MR) is 79.0 cm³/mol. The Bertz CT molecular complexity index is 860. The van der Waals surface area contributed by atoms with Crippen LogP contribution in [-0.2, 0) is 6.18 Å². The van der Waals surface area contributed by atoms with E-state index < -0.39 is 18.0 Å². The fraction of sp³-hybridized carbons (Fsp3) is 0.200. The molecule has 1 aliphatic rings. The van der Waals surface area contributed by atoms with Gasteiger partial charge in [0.15, 0.2) is 11.8 Å². The van der Waals surface area contributed by atoms with Gasteiger partial charge in [0.05, 0.1) is 16.5 Å². The fourth-order valence-corrected chi connectivity index (χ4v) is 2.44. The van der Waals surface area contributed by atoms with Gasteiger partial charge in [-0.1, -0.05) is 18.2 Å². The molecule has 8 heteroatoms. The first-order valence-corrected chi connectivity index (χ1v) is 6.86. The van der Waals surface area contributed by atoms with Crippen molar-refractivity contribution in [3.05, 3.63) is 52.7 Å². The third kappa shape index (κ3) is 2.85. The molecular weight excluding hydrogens is 307 g/mol. The molecule has 0 saturated carbocycles. The Kier molecular flexibility index (Phi) is 3.69. The summed E-state index contributed by atoms with van der Waals surface area (Å²) in [5.41, 5.74) is 5.52. The molecule has 0 radical (unpaired) electrons. The first kappa shape index (κ1) is 15.3. The number of hydrogen-bond donors (Lipinski definition) is 3. The van der Waals surface area contributed by atoms with Crippen molar-refractivity contribution in [1.29, 1.82) is 0 Å². The summed E-state index contributed by atoms with van der Waals surface area (Å²) in [6, 6.07) is 8.52. The third-order valence-electron chi connectivity index (χ3n) is 3.46. The van der Waals surface area contributed by atoms with Crippen LogP contribution < -0.4 is 27.1 Å². The summed E-state index contributed by atoms with van der Waals surface area (Å²) in [4.78, 5) is 8.39. The van der Waals surface area contributed by atoms with Gasteiger partial charge in [-0.2, -0.15) is 13.2 Å². The zero-order valence-electron chi connectivity index (χ0n) is 12.1. The normalized spacial score (nSPS) is 17.1. The van der Waals surface area contributed by atoms with Crippen molar-refractivity contribution >= 4 is 5.82 Å². The minimum Gasteiger partial charge on any atom is -0.374 e. The Hall–Kier alpha value is -2.61. The number of aromatic nitrogens is 1. The van der Waals surface area contributed by atoms with E-state index in [1.807, 2.05) is 0 Å². The topological polar surface area (TPSA) is 75.3 Å². The molecule has 0 amide bonds. The molecule has 1 unspecified atom stereocenters. The van der Waals surface area contributed by atoms with Crippen LogP contribution in [0.2, 0.25) is 0 Å². The standard InChI is InChI=1S/C15H14F3N5/c1-20-12-9-6-7-11(21-13(9)23-14(19)22-12)8-4-2-3-5-10(8)15(16,17)18/h2-7,14,20,22H,19H2,1H3. The van der Waals surface area contributed by atoms with Crippen LogP contribution in [0.15, 0.2) is 41.4 Å². The van der Waals surface area contributed by atoms with E-state index >= 15 is 0 Å². The Morgan fingerprint density at radius 2 is 1.91 bits per heavy atom. The summed E-state index contributed by atoms with van der Waals surface area (Å²) in [7, 11) is 1.71. The van der Waals surface area contributed by atoms with Crippen molar-refractivity contribution in [3.8, 4) is 11.3 Å². The number of benzene rings is 1. The number of fused-ring (bicyclic) bond motifs is 1. The Morgan fingerprint density at radius 3 is 2.61 bits per heavy atom. The van der Waals surface area contributed by atoms with Crippen molar-refractivity contribution in [3.63, 3.8) is 0 Å². The summed E-state index contributed by atoms with van der Waals surface area (Å²) in [6.07, 6.45) is -5.16. The summed E-state index contributed by atoms with van der Waals surface area (Å²) in [5.74, 6) is 0.630. The Balaban J connectivity index is 2.23. The highest BCUT2D eigenvalue weighted by atomic mass is 19.4. The van der Waals surface area contributed by atoms with Gasteiger partial charge in [-0.15, -0.1) is 0 Å². The third-order valence-corrected chi connectivity index (χ3v) is 3.46. The van der Waals surface area contributed by atoms with Gasteiger partial charge in [0, 0.05) is 12.6 Å². The highest BCUT2D eigenvalue weighted by molar-refractivity contribution is 5.64. The van der Waals surface area contributed by atoms with Crippen molar-refractivity contribution < 1.29 is 13.2 Å². The van der Waals surface area contributed by atoms with Gasteiger partial charge in [0.2, 0.25) is 0 Å². The van der Waals surface area contributed by atoms with E-state index in [9.17, 15) is 13.2 Å². The zero-order chi connectivity index (χ0) is 16.6. The maximum atomic E-state index is 13.2. The molecule has 5 nitrogen and oxygen atoms in total. The van der Waals surface area contributed by atoms with Crippen LogP contribution >= 0.6 is 0 Å². The van der Waals surface area contributed by atoms with Crippen molar-refractivity contribution in [2.75, 3.05) is 7.05 Å². The van der Waals surface area contributed by atoms with E-state index in [-0.39, 0.29) is 11.3 Å². The van der Waals surface area contributed by atoms with Crippen molar-refractivity contribution in [1.82, 2.24) is 15.6 Å². The molecule has 1 aliphatic heterocycles. The number of halogens is 3. The number of alkyl halides is 3. The van der Waals surface area contributed by atoms with Crippen molar-refractivity contribution in [2.24, 2.45) is 10.7 Å². The van der Waals surface area contributed by atoms with E-state index in [0.29, 0.717) is 16.5 Å². The Morgan fingerprint density at radius 1 is 1.17 bits per heavy atom. The maximum absolute atomic E-state index is 13.2. The van der Waals surface area contributed by atoms with Gasteiger partial charge >= 0.3 is 6.18 Å². The molecule has 1 atom stereocenters. The lowest BCUT2D eigenvalue weighted by Gasteiger charge is -2.18. The molecular formula is C15H14F3N5. The molecule has 1 aromatic carbocycles. The van der Waals surface area contributed by atoms with Gasteiger partial charge in [0.25, 0.3) is 0 Å². The number of nitrogens with two attached hydrogens (primary N) is 1. The van der Waals surface area contributed by atoms with Gasteiger partial charge in [0.1, 0.15) is 5.82 Å². The molecule has 0 spiro atoms. The first-order chi connectivity index (χ1) is 10.9. The quantitative estimate of drug-likeness (QED) is 0.754. The second kappa shape index (κ2) is 5.54. The number of rotatable bonds is 2. The lowest BCUT2D eigenvalue weighted by molar-refractivity contribution is -0.137. The highest BCUT2D eigenvalue weighted by Gasteiger charge is 2.33. The molecule has 3 rings (SSSR count). The second-order valence-corrected chi connectivity index (χ2v) is 4.95. The minimum absolute atomic E-state index is 0.0103. The van der Waals surface area contributed by atoms with E-state index in [4.69, 9.17) is 5.73 Å². The van der Waals surface area contributed by atoms with E-state index in [1.165, 1.54) is 18.2 Å². The molecule has 0 fully saturated rings. The van der Waals surface area contributed by atoms with Crippen LogP contribution in [0.3, 0.4) is 0 Å². The molecule has 120 valence electrons. The summed E-state index contributed by atoms with van der Waals surface area (Å²) in [5, 5.41) is 6.50. The van der Waals surface area contributed by atoms with E-state index in [0.717, 1.165) is 6.07 Å². The fourth-order valence-electron chi connectivity index (χ4n) is 2.44. The predicted octanol–water partition coefficient (Wildman–Crippen LogP) is 0.518. The monoisotopic (exact) mass is 321 g/mol. The average molecular weight is 321 g/mol. The average Bonchev–Trinajstić information content (AvgIpc) is 2.52. The number of hydrogen-bond acceptors (Lipinski definition) is 5. The largest absolute Gasteiger partial charge is 0.417 e. The zero-order valence-corrected chi connectivity index (χ0v) is 12.1. The Labute approximate surface area is 129 Å². The van der Waals surface area contributed by atoms with Crippen LogP contribution in [0.25, 0.3) is 17.1 Å². The highest BCUT2D eigenvalue weighted by Crippen LogP contribution is 2.35. The van der Waals surface area contributed by atoms with Gasteiger partial charge in [-0.25, -0.2) is 9.98 Å². The molecule has 2 aromatic rings. The minimum atomic E-state index is -4.45. The lowest BCUT2D eigenvalue weighted by atomic mass is 10.0. The van der Waals surface area contributed by atoms with Gasteiger partial charge in [-0.3, -0.25) is 5.73 Å². The molecule has 23 heavy (non-hydrogen) atoms. The van der Waals surface area contributed by atoms with E-state index in [2.05, 4.69) is 20.6 Å². The molecule has 0 aliphatic carbocycles. The maximum Gasteiger partial charge on any atom is 0.417 e.